The van der Waals surface area contributed by atoms with E-state index < -0.39 is 30.3 Å². The van der Waals surface area contributed by atoms with Gasteiger partial charge >= 0.3 is 11.9 Å². The Bertz CT molecular complexity index is 1160. The van der Waals surface area contributed by atoms with Crippen molar-refractivity contribution in [1.29, 1.82) is 0 Å². The van der Waals surface area contributed by atoms with Crippen LogP contribution in [0.4, 0.5) is 5.95 Å². The van der Waals surface area contributed by atoms with E-state index in [0.717, 1.165) is 17.0 Å². The smallest absolute Gasteiger partial charge is 0.326 e. The van der Waals surface area contributed by atoms with Crippen LogP contribution in [-0.4, -0.2) is 49.1 Å². The number of amides is 1. The minimum atomic E-state index is -1.49. The van der Waals surface area contributed by atoms with Crippen LogP contribution < -0.4 is 16.6 Å². The molecule has 0 saturated carbocycles. The third-order valence-electron chi connectivity index (χ3n) is 4.31. The van der Waals surface area contributed by atoms with E-state index in [1.165, 1.54) is 11.3 Å². The fourth-order valence-corrected chi connectivity index (χ4v) is 3.87. The summed E-state index contributed by atoms with van der Waals surface area (Å²) in [5.74, 6) is -3.31. The number of nitrogens with one attached hydrogen (secondary N) is 3. The number of carbonyl (C=O) groups is 3. The summed E-state index contributed by atoms with van der Waals surface area (Å²) in [7, 11) is 0. The molecule has 11 nitrogen and oxygen atoms in total. The maximum Gasteiger partial charge on any atom is 0.326 e. The van der Waals surface area contributed by atoms with E-state index in [4.69, 9.17) is 15.9 Å². The minimum absolute atomic E-state index is 0.0405. The highest BCUT2D eigenvalue weighted by molar-refractivity contribution is 7.14. The summed E-state index contributed by atoms with van der Waals surface area (Å²) >= 11 is 1.21. The van der Waals surface area contributed by atoms with Gasteiger partial charge in [0.25, 0.3) is 11.5 Å². The number of aromatic nitrogens is 3. The molecule has 30 heavy (non-hydrogen) atoms. The van der Waals surface area contributed by atoms with Gasteiger partial charge < -0.3 is 26.2 Å². The van der Waals surface area contributed by atoms with Crippen LogP contribution in [0.5, 0.6) is 0 Å². The quantitative estimate of drug-likeness (QED) is 0.284. The number of aromatic amines is 2. The molecule has 3 rings (SSSR count). The van der Waals surface area contributed by atoms with Crippen molar-refractivity contribution in [2.45, 2.75) is 31.7 Å². The highest BCUT2D eigenvalue weighted by Gasteiger charge is 2.24. The first kappa shape index (κ1) is 21.0. The average Bonchev–Trinajstić information content (AvgIpc) is 3.28. The zero-order valence-electron chi connectivity index (χ0n) is 15.6. The van der Waals surface area contributed by atoms with Gasteiger partial charge in [-0.1, -0.05) is 0 Å². The topological polar surface area (TPSA) is 191 Å². The Balaban J connectivity index is 1.57. The maximum atomic E-state index is 12.2. The van der Waals surface area contributed by atoms with Crippen molar-refractivity contribution in [2.75, 3.05) is 5.73 Å². The van der Waals surface area contributed by atoms with E-state index in [1.54, 1.807) is 18.2 Å². The number of carboxylic acids is 2. The van der Waals surface area contributed by atoms with Crippen molar-refractivity contribution in [3.8, 4) is 0 Å². The fourth-order valence-electron chi connectivity index (χ4n) is 2.92. The first-order chi connectivity index (χ1) is 14.2. The predicted octanol–water partition coefficient (Wildman–Crippen LogP) is 0.728. The Hall–Kier alpha value is -3.67. The second kappa shape index (κ2) is 8.78. The first-order valence-corrected chi connectivity index (χ1v) is 9.76. The van der Waals surface area contributed by atoms with Crippen LogP contribution in [0.1, 0.15) is 33.1 Å². The number of nitrogen functional groups attached to an aromatic ring is 1. The Labute approximate surface area is 173 Å². The van der Waals surface area contributed by atoms with Crippen molar-refractivity contribution >= 4 is 46.2 Å². The molecule has 0 aromatic carbocycles. The van der Waals surface area contributed by atoms with Gasteiger partial charge in [-0.25, -0.2) is 4.79 Å². The molecule has 1 unspecified atom stereocenters. The fraction of sp³-hybridized carbons (Fsp3) is 0.278. The minimum Gasteiger partial charge on any atom is -0.481 e. The average molecular weight is 433 g/mol. The predicted molar refractivity (Wildman–Crippen MR) is 109 cm³/mol. The molecule has 0 fully saturated rings. The van der Waals surface area contributed by atoms with Gasteiger partial charge in [0.1, 0.15) is 11.7 Å². The molecule has 0 bridgehead atoms. The van der Waals surface area contributed by atoms with Crippen LogP contribution in [0.2, 0.25) is 0 Å². The number of hydrogen-bond acceptors (Lipinski definition) is 7. The number of anilines is 1. The molecule has 0 saturated heterocycles. The molecule has 158 valence electrons. The number of nitrogens with zero attached hydrogens (tertiary/aromatic N) is 1. The van der Waals surface area contributed by atoms with E-state index in [9.17, 15) is 19.2 Å². The summed E-state index contributed by atoms with van der Waals surface area (Å²) in [4.78, 5) is 56.6. The van der Waals surface area contributed by atoms with Gasteiger partial charge in [0.05, 0.1) is 16.7 Å². The molecular weight excluding hydrogens is 414 g/mol. The standard InChI is InChI=1S/C18H19N5O6S/c19-18-22-14-10(15(26)23-18)6-8(20-14)2-1-3-9-4-5-12(30-9)16(27)21-11(17(28)29)7-13(24)25/h4-6,11H,1-3,7H2,(H,21,27)(H,24,25)(H,28,29)(H4,19,20,22,23,26). The number of carboxylic acid groups (broad SMARTS) is 2. The summed E-state index contributed by atoms with van der Waals surface area (Å²) in [5, 5.41) is 20.4. The highest BCUT2D eigenvalue weighted by atomic mass is 32.1. The molecule has 0 radical (unpaired) electrons. The summed E-state index contributed by atoms with van der Waals surface area (Å²) in [5.41, 5.74) is 6.48. The molecule has 1 atom stereocenters. The zero-order chi connectivity index (χ0) is 21.8. The lowest BCUT2D eigenvalue weighted by Gasteiger charge is -2.11. The van der Waals surface area contributed by atoms with Crippen LogP contribution >= 0.6 is 11.3 Å². The van der Waals surface area contributed by atoms with Crippen molar-refractivity contribution in [3.63, 3.8) is 0 Å². The van der Waals surface area contributed by atoms with Crippen LogP contribution in [0.25, 0.3) is 11.0 Å². The van der Waals surface area contributed by atoms with Gasteiger partial charge in [-0.2, -0.15) is 4.98 Å². The Kier molecular flexibility index (Phi) is 6.16. The van der Waals surface area contributed by atoms with Crippen LogP contribution in [0.15, 0.2) is 23.0 Å². The number of H-pyrrole nitrogens is 2. The maximum absolute atomic E-state index is 12.2. The molecule has 0 aliphatic carbocycles. The largest absolute Gasteiger partial charge is 0.481 e. The summed E-state index contributed by atoms with van der Waals surface area (Å²) in [6.45, 7) is 0. The lowest BCUT2D eigenvalue weighted by molar-refractivity contribution is -0.145. The summed E-state index contributed by atoms with van der Waals surface area (Å²) < 4.78 is 0. The van der Waals surface area contributed by atoms with Crippen LogP contribution in [0, 0.1) is 0 Å². The highest BCUT2D eigenvalue weighted by Crippen LogP contribution is 2.20. The molecule has 0 aliphatic rings. The van der Waals surface area contributed by atoms with Gasteiger partial charge in [-0.15, -0.1) is 11.3 Å². The molecule has 1 amide bonds. The van der Waals surface area contributed by atoms with Gasteiger partial charge in [0, 0.05) is 10.6 Å². The number of carbonyl (C=O) groups excluding carboxylic acids is 1. The Morgan fingerprint density at radius 3 is 2.67 bits per heavy atom. The summed E-state index contributed by atoms with van der Waals surface area (Å²) in [6, 6.07) is 3.57. The lowest BCUT2D eigenvalue weighted by atomic mass is 10.1. The first-order valence-electron chi connectivity index (χ1n) is 8.94. The Morgan fingerprint density at radius 1 is 1.20 bits per heavy atom. The van der Waals surface area contributed by atoms with E-state index in [-0.39, 0.29) is 11.5 Å². The van der Waals surface area contributed by atoms with Gasteiger partial charge in [-0.05, 0) is 37.5 Å². The van der Waals surface area contributed by atoms with E-state index in [0.29, 0.717) is 28.8 Å². The molecule has 3 aromatic heterocycles. The molecule has 3 aromatic rings. The SMILES string of the molecule is Nc1nc2[nH]c(CCCc3ccc(C(=O)NC(CC(=O)O)C(=O)O)s3)cc2c(=O)[nH]1. The van der Waals surface area contributed by atoms with E-state index >= 15 is 0 Å². The monoisotopic (exact) mass is 433 g/mol. The molecule has 0 aliphatic heterocycles. The van der Waals surface area contributed by atoms with Crippen LogP contribution in [0.3, 0.4) is 0 Å². The van der Waals surface area contributed by atoms with Gasteiger partial charge in [0.2, 0.25) is 5.95 Å². The number of nitrogens with two attached hydrogens (primary N) is 1. The number of rotatable bonds is 9. The molecular formula is C18H19N5O6S. The van der Waals surface area contributed by atoms with E-state index in [2.05, 4.69) is 20.3 Å². The zero-order valence-corrected chi connectivity index (χ0v) is 16.4. The van der Waals surface area contributed by atoms with Gasteiger partial charge in [0.15, 0.2) is 0 Å². The number of aliphatic carboxylic acids is 2. The molecule has 12 heteroatoms. The third kappa shape index (κ3) is 5.03. The van der Waals surface area contributed by atoms with Crippen molar-refractivity contribution in [2.24, 2.45) is 0 Å². The lowest BCUT2D eigenvalue weighted by Crippen LogP contribution is -2.41. The molecule has 7 N–H and O–H groups in total. The van der Waals surface area contributed by atoms with E-state index in [1.807, 2.05) is 0 Å². The van der Waals surface area contributed by atoms with Crippen LogP contribution in [-0.2, 0) is 22.4 Å². The van der Waals surface area contributed by atoms with Crippen molar-refractivity contribution in [1.82, 2.24) is 20.3 Å². The number of hydrogen-bond donors (Lipinski definition) is 6. The number of fused-ring (bicyclic) bond motifs is 1. The van der Waals surface area contributed by atoms with Crippen molar-refractivity contribution in [3.05, 3.63) is 44.0 Å². The third-order valence-corrected chi connectivity index (χ3v) is 5.45. The Morgan fingerprint density at radius 2 is 1.97 bits per heavy atom. The molecule has 0 spiro atoms. The van der Waals surface area contributed by atoms with Gasteiger partial charge in [-0.3, -0.25) is 19.4 Å². The molecule has 3 heterocycles. The van der Waals surface area contributed by atoms with Crippen molar-refractivity contribution < 1.29 is 24.6 Å². The number of aryl methyl sites for hydroxylation is 2. The second-order valence-corrected chi connectivity index (χ2v) is 7.76. The number of thiophene rings is 1. The normalized spacial score (nSPS) is 12.0. The second-order valence-electron chi connectivity index (χ2n) is 6.59. The summed E-state index contributed by atoms with van der Waals surface area (Å²) in [6.07, 6.45) is 1.34.